The zero-order chi connectivity index (χ0) is 19.8. The fraction of sp³-hybridized carbons (Fsp3) is 0.636. The number of benzene rings is 1. The lowest BCUT2D eigenvalue weighted by atomic mass is 9.95. The molecule has 0 spiro atoms. The molecule has 1 heterocycles. The van der Waals surface area contributed by atoms with Crippen molar-refractivity contribution >= 4 is 17.6 Å². The second-order valence-electron chi connectivity index (χ2n) is 8.01. The summed E-state index contributed by atoms with van der Waals surface area (Å²) in [5.74, 6) is 0.758. The maximum atomic E-state index is 12.2. The Morgan fingerprint density at radius 3 is 2.54 bits per heavy atom. The van der Waals surface area contributed by atoms with Gasteiger partial charge in [-0.2, -0.15) is 0 Å². The summed E-state index contributed by atoms with van der Waals surface area (Å²) in [6.45, 7) is 7.10. The van der Waals surface area contributed by atoms with Crippen molar-refractivity contribution in [1.29, 1.82) is 0 Å². The van der Waals surface area contributed by atoms with Crippen LogP contribution in [0.15, 0.2) is 29.3 Å². The molecule has 1 amide bonds. The monoisotopic (exact) mass is 385 g/mol. The summed E-state index contributed by atoms with van der Waals surface area (Å²) in [5.41, 5.74) is 2.55. The van der Waals surface area contributed by atoms with E-state index in [4.69, 9.17) is 0 Å². The maximum Gasteiger partial charge on any atom is 0.242 e. The molecule has 1 atom stereocenters. The Morgan fingerprint density at radius 2 is 1.82 bits per heavy atom. The second kappa shape index (κ2) is 10.3. The van der Waals surface area contributed by atoms with Gasteiger partial charge >= 0.3 is 0 Å². The molecule has 154 valence electrons. The van der Waals surface area contributed by atoms with Gasteiger partial charge in [0, 0.05) is 37.4 Å². The number of guanidine groups is 1. The van der Waals surface area contributed by atoms with Crippen molar-refractivity contribution in [3.05, 3.63) is 29.8 Å². The van der Waals surface area contributed by atoms with Crippen LogP contribution < -0.4 is 20.9 Å². The van der Waals surface area contributed by atoms with Gasteiger partial charge in [-0.05, 0) is 45.2 Å². The van der Waals surface area contributed by atoms with Crippen LogP contribution in [0.3, 0.4) is 0 Å². The van der Waals surface area contributed by atoms with Crippen LogP contribution in [0.2, 0.25) is 0 Å². The van der Waals surface area contributed by atoms with Crippen LogP contribution in [0.5, 0.6) is 0 Å². The fourth-order valence-electron chi connectivity index (χ4n) is 4.05. The summed E-state index contributed by atoms with van der Waals surface area (Å²) < 4.78 is 0. The molecule has 3 N–H and O–H groups in total. The third kappa shape index (κ3) is 6.14. The smallest absolute Gasteiger partial charge is 0.242 e. The van der Waals surface area contributed by atoms with Crippen LogP contribution in [-0.2, 0) is 4.79 Å². The number of aryl methyl sites for hydroxylation is 1. The Morgan fingerprint density at radius 1 is 1.07 bits per heavy atom. The van der Waals surface area contributed by atoms with Gasteiger partial charge in [0.15, 0.2) is 5.96 Å². The van der Waals surface area contributed by atoms with E-state index in [0.717, 1.165) is 44.9 Å². The van der Waals surface area contributed by atoms with E-state index in [1.165, 1.54) is 30.5 Å². The summed E-state index contributed by atoms with van der Waals surface area (Å²) in [7, 11) is 0. The summed E-state index contributed by atoms with van der Waals surface area (Å²) in [5, 5.41) is 9.91. The van der Waals surface area contributed by atoms with Gasteiger partial charge < -0.3 is 20.9 Å². The summed E-state index contributed by atoms with van der Waals surface area (Å²) in [4.78, 5) is 19.2. The van der Waals surface area contributed by atoms with Gasteiger partial charge in [0.2, 0.25) is 5.91 Å². The molecule has 28 heavy (non-hydrogen) atoms. The molecule has 1 aliphatic heterocycles. The van der Waals surface area contributed by atoms with Crippen molar-refractivity contribution in [1.82, 2.24) is 16.0 Å². The molecule has 1 saturated carbocycles. The van der Waals surface area contributed by atoms with Gasteiger partial charge in [-0.1, -0.05) is 37.0 Å². The number of aliphatic imine (C=N–C) groups is 1. The third-order valence-corrected chi connectivity index (χ3v) is 5.62. The lowest BCUT2D eigenvalue weighted by Gasteiger charge is -2.22. The average Bonchev–Trinajstić information content (AvgIpc) is 3.16. The summed E-state index contributed by atoms with van der Waals surface area (Å²) >= 11 is 0. The van der Waals surface area contributed by atoms with E-state index < -0.39 is 0 Å². The molecule has 1 saturated heterocycles. The van der Waals surface area contributed by atoms with E-state index in [2.05, 4.69) is 57.0 Å². The number of carbonyl (C=O) groups excluding carboxylic acids is 1. The van der Waals surface area contributed by atoms with E-state index in [9.17, 15) is 4.79 Å². The normalized spacial score (nSPS) is 20.9. The molecular weight excluding hydrogens is 350 g/mol. The largest absolute Gasteiger partial charge is 0.369 e. The van der Waals surface area contributed by atoms with Gasteiger partial charge in [0.05, 0.1) is 0 Å². The number of amides is 1. The first kappa shape index (κ1) is 20.5. The molecule has 6 nitrogen and oxygen atoms in total. The highest BCUT2D eigenvalue weighted by Crippen LogP contribution is 2.20. The van der Waals surface area contributed by atoms with Crippen molar-refractivity contribution < 1.29 is 4.79 Å². The molecule has 0 radical (unpaired) electrons. The van der Waals surface area contributed by atoms with E-state index in [1.54, 1.807) is 0 Å². The number of hydrogen-bond acceptors (Lipinski definition) is 3. The molecule has 1 unspecified atom stereocenters. The first-order chi connectivity index (χ1) is 13.6. The summed E-state index contributed by atoms with van der Waals surface area (Å²) in [6, 6.07) is 9.36. The van der Waals surface area contributed by atoms with Crippen LogP contribution in [0.25, 0.3) is 0 Å². The lowest BCUT2D eigenvalue weighted by molar-refractivity contribution is -0.120. The molecule has 3 rings (SSSR count). The molecule has 1 aromatic rings. The third-order valence-electron chi connectivity index (χ3n) is 5.62. The van der Waals surface area contributed by atoms with Gasteiger partial charge in [0.25, 0.3) is 0 Å². The predicted molar refractivity (Wildman–Crippen MR) is 116 cm³/mol. The molecule has 1 aliphatic carbocycles. The Hall–Kier alpha value is -2.24. The standard InChI is InChI=1S/C22H35N5O/c1-3-23-22(24-15-21(28)25-18-7-5-4-6-8-18)26-19-13-14-27(16-19)20-11-9-17(2)10-12-20/h9-12,18-19H,3-8,13-16H2,1-2H3,(H,25,28)(H2,23,24,26). The molecule has 2 aliphatic rings. The summed E-state index contributed by atoms with van der Waals surface area (Å²) in [6.07, 6.45) is 7.00. The van der Waals surface area contributed by atoms with E-state index >= 15 is 0 Å². The lowest BCUT2D eigenvalue weighted by Crippen LogP contribution is -2.45. The fourth-order valence-corrected chi connectivity index (χ4v) is 4.05. The number of nitrogens with zero attached hydrogens (tertiary/aromatic N) is 2. The van der Waals surface area contributed by atoms with E-state index in [1.807, 2.05) is 6.92 Å². The molecule has 0 aromatic heterocycles. The van der Waals surface area contributed by atoms with E-state index in [-0.39, 0.29) is 12.5 Å². The van der Waals surface area contributed by atoms with Crippen LogP contribution in [0, 0.1) is 6.92 Å². The number of hydrogen-bond donors (Lipinski definition) is 3. The second-order valence-corrected chi connectivity index (χ2v) is 8.01. The van der Waals surface area contributed by atoms with Crippen molar-refractivity contribution in [3.8, 4) is 0 Å². The number of anilines is 1. The van der Waals surface area contributed by atoms with Crippen molar-refractivity contribution in [3.63, 3.8) is 0 Å². The number of carbonyl (C=O) groups is 1. The number of nitrogens with one attached hydrogen (secondary N) is 3. The Bertz CT molecular complexity index is 651. The number of rotatable bonds is 6. The SMILES string of the molecule is CCNC(=NCC(=O)NC1CCCCC1)NC1CCN(c2ccc(C)cc2)C1. The molecule has 6 heteroatoms. The van der Waals surface area contributed by atoms with Crippen LogP contribution in [-0.4, -0.2) is 50.1 Å². The minimum atomic E-state index is 0.0248. The minimum Gasteiger partial charge on any atom is -0.369 e. The van der Waals surface area contributed by atoms with Crippen molar-refractivity contribution in [2.24, 2.45) is 4.99 Å². The Balaban J connectivity index is 1.48. The van der Waals surface area contributed by atoms with Gasteiger partial charge in [-0.25, -0.2) is 4.99 Å². The van der Waals surface area contributed by atoms with Gasteiger partial charge in [-0.3, -0.25) is 4.79 Å². The van der Waals surface area contributed by atoms with Crippen molar-refractivity contribution in [2.45, 2.75) is 64.5 Å². The average molecular weight is 386 g/mol. The topological polar surface area (TPSA) is 68.8 Å². The highest BCUT2D eigenvalue weighted by molar-refractivity contribution is 5.85. The Kier molecular flexibility index (Phi) is 7.57. The highest BCUT2D eigenvalue weighted by Gasteiger charge is 2.23. The molecular formula is C22H35N5O. The van der Waals surface area contributed by atoms with Crippen LogP contribution in [0.1, 0.15) is 51.0 Å². The first-order valence-electron chi connectivity index (χ1n) is 10.8. The first-order valence-corrected chi connectivity index (χ1v) is 10.8. The Labute approximate surface area is 169 Å². The van der Waals surface area contributed by atoms with Crippen molar-refractivity contribution in [2.75, 3.05) is 31.1 Å². The van der Waals surface area contributed by atoms with E-state index in [0.29, 0.717) is 12.1 Å². The van der Waals surface area contributed by atoms with Gasteiger partial charge in [-0.15, -0.1) is 0 Å². The molecule has 0 bridgehead atoms. The maximum absolute atomic E-state index is 12.2. The predicted octanol–water partition coefficient (Wildman–Crippen LogP) is 2.58. The molecule has 1 aromatic carbocycles. The minimum absolute atomic E-state index is 0.0248. The zero-order valence-electron chi connectivity index (χ0n) is 17.3. The van der Waals surface area contributed by atoms with Crippen LogP contribution >= 0.6 is 0 Å². The quantitative estimate of drug-likeness (QED) is 0.520. The van der Waals surface area contributed by atoms with Gasteiger partial charge in [0.1, 0.15) is 6.54 Å². The van der Waals surface area contributed by atoms with Crippen LogP contribution in [0.4, 0.5) is 5.69 Å². The zero-order valence-corrected chi connectivity index (χ0v) is 17.3. The molecule has 2 fully saturated rings. The highest BCUT2D eigenvalue weighted by atomic mass is 16.1.